The molecule has 2 unspecified atom stereocenters. The molecule has 2 bridgehead atoms. The molecule has 0 aromatic carbocycles. The van der Waals surface area contributed by atoms with E-state index in [0.717, 1.165) is 12.3 Å². The lowest BCUT2D eigenvalue weighted by Gasteiger charge is -2.30. The number of nitrogens with zero attached hydrogens (tertiary/aromatic N) is 1. The fraction of sp³-hybridized carbons (Fsp3) is 0.900. The van der Waals surface area contributed by atoms with Crippen LogP contribution in [0.1, 0.15) is 27.2 Å². The van der Waals surface area contributed by atoms with Crippen LogP contribution in [0.25, 0.3) is 0 Å². The second-order valence-electron chi connectivity index (χ2n) is 5.18. The summed E-state index contributed by atoms with van der Waals surface area (Å²) in [4.78, 5) is 13.9. The fourth-order valence-corrected chi connectivity index (χ4v) is 3.48. The first-order valence-corrected chi connectivity index (χ1v) is 6.21. The van der Waals surface area contributed by atoms with Crippen LogP contribution < -0.4 is 5.32 Å². The summed E-state index contributed by atoms with van der Waals surface area (Å²) >= 11 is 2.01. The minimum absolute atomic E-state index is 0.116. The molecule has 3 nitrogen and oxygen atoms in total. The molecule has 0 aliphatic carbocycles. The Balaban J connectivity index is 1.93. The highest BCUT2D eigenvalue weighted by Crippen LogP contribution is 2.37. The average molecular weight is 214 g/mol. The van der Waals surface area contributed by atoms with Gasteiger partial charge in [-0.25, -0.2) is 4.79 Å². The van der Waals surface area contributed by atoms with Crippen molar-refractivity contribution in [2.45, 2.75) is 44.0 Å². The highest BCUT2D eigenvalue weighted by Gasteiger charge is 2.41. The van der Waals surface area contributed by atoms with E-state index >= 15 is 0 Å². The lowest BCUT2D eigenvalue weighted by Crippen LogP contribution is -2.51. The van der Waals surface area contributed by atoms with Gasteiger partial charge in [0.05, 0.1) is 0 Å². The Labute approximate surface area is 89.6 Å². The Kier molecular flexibility index (Phi) is 2.41. The van der Waals surface area contributed by atoms with Crippen LogP contribution in [-0.2, 0) is 0 Å². The molecule has 0 spiro atoms. The van der Waals surface area contributed by atoms with Gasteiger partial charge in [0, 0.05) is 29.1 Å². The van der Waals surface area contributed by atoms with Crippen molar-refractivity contribution in [2.24, 2.45) is 0 Å². The molecule has 2 saturated heterocycles. The summed E-state index contributed by atoms with van der Waals surface area (Å²) in [5.41, 5.74) is -0.119. The van der Waals surface area contributed by atoms with Crippen LogP contribution in [0, 0.1) is 0 Å². The zero-order valence-corrected chi connectivity index (χ0v) is 9.86. The lowest BCUT2D eigenvalue weighted by atomic mass is 10.1. The van der Waals surface area contributed by atoms with E-state index in [2.05, 4.69) is 5.32 Å². The zero-order chi connectivity index (χ0) is 10.3. The molecule has 2 aliphatic heterocycles. The maximum Gasteiger partial charge on any atom is 0.318 e. The Morgan fingerprint density at radius 1 is 1.50 bits per heavy atom. The molecule has 4 heteroatoms. The number of thioether (sulfide) groups is 1. The Bertz CT molecular complexity index is 249. The molecule has 14 heavy (non-hydrogen) atoms. The van der Waals surface area contributed by atoms with Crippen molar-refractivity contribution in [2.75, 3.05) is 12.3 Å². The van der Waals surface area contributed by atoms with Gasteiger partial charge in [-0.2, -0.15) is 11.8 Å². The first-order valence-electron chi connectivity index (χ1n) is 5.16. The van der Waals surface area contributed by atoms with Crippen LogP contribution in [0.4, 0.5) is 4.79 Å². The van der Waals surface area contributed by atoms with Crippen molar-refractivity contribution >= 4 is 17.8 Å². The third kappa shape index (κ3) is 2.00. The van der Waals surface area contributed by atoms with E-state index in [0.29, 0.717) is 11.3 Å². The van der Waals surface area contributed by atoms with Crippen molar-refractivity contribution in [1.82, 2.24) is 10.2 Å². The topological polar surface area (TPSA) is 32.3 Å². The molecule has 2 fully saturated rings. The average Bonchev–Trinajstić information content (AvgIpc) is 2.59. The standard InChI is InChI=1S/C10H18N2OS/c1-10(2,3)11-9(13)12-5-8-4-7(12)6-14-8/h7-8H,4-6H2,1-3H3,(H,11,13). The molecule has 0 radical (unpaired) electrons. The molecular weight excluding hydrogens is 196 g/mol. The largest absolute Gasteiger partial charge is 0.333 e. The van der Waals surface area contributed by atoms with Crippen molar-refractivity contribution in [1.29, 1.82) is 0 Å². The predicted octanol–water partition coefficient (Wildman–Crippen LogP) is 1.68. The molecule has 0 saturated carbocycles. The van der Waals surface area contributed by atoms with Crippen molar-refractivity contribution in [3.05, 3.63) is 0 Å². The minimum atomic E-state index is -0.119. The van der Waals surface area contributed by atoms with Gasteiger partial charge in [0.2, 0.25) is 0 Å². The summed E-state index contributed by atoms with van der Waals surface area (Å²) in [6.45, 7) is 7.01. The number of hydrogen-bond acceptors (Lipinski definition) is 2. The minimum Gasteiger partial charge on any atom is -0.333 e. The third-order valence-electron chi connectivity index (χ3n) is 2.64. The smallest absolute Gasteiger partial charge is 0.318 e. The van der Waals surface area contributed by atoms with Crippen LogP contribution in [0.2, 0.25) is 0 Å². The molecule has 2 aliphatic rings. The molecule has 1 N–H and O–H groups in total. The summed E-state index contributed by atoms with van der Waals surface area (Å²) in [6, 6.07) is 0.609. The van der Waals surface area contributed by atoms with Gasteiger partial charge in [-0.15, -0.1) is 0 Å². The first kappa shape index (κ1) is 10.1. The molecule has 0 aromatic rings. The second kappa shape index (κ2) is 3.33. The fourth-order valence-electron chi connectivity index (χ4n) is 2.04. The van der Waals surface area contributed by atoms with E-state index in [4.69, 9.17) is 0 Å². The van der Waals surface area contributed by atoms with Crippen molar-refractivity contribution in [3.63, 3.8) is 0 Å². The van der Waals surface area contributed by atoms with Crippen LogP contribution in [0.3, 0.4) is 0 Å². The van der Waals surface area contributed by atoms with Crippen LogP contribution in [0.5, 0.6) is 0 Å². The molecule has 2 amide bonds. The van der Waals surface area contributed by atoms with Crippen LogP contribution in [-0.4, -0.2) is 40.1 Å². The lowest BCUT2D eigenvalue weighted by molar-refractivity contribution is 0.187. The quantitative estimate of drug-likeness (QED) is 0.665. The van der Waals surface area contributed by atoms with Gasteiger partial charge in [0.15, 0.2) is 0 Å². The molecular formula is C10H18N2OS. The summed E-state index contributed by atoms with van der Waals surface area (Å²) in [6.07, 6.45) is 1.20. The summed E-state index contributed by atoms with van der Waals surface area (Å²) in [5, 5.41) is 3.72. The van der Waals surface area contributed by atoms with Gasteiger partial charge >= 0.3 is 6.03 Å². The Morgan fingerprint density at radius 3 is 2.64 bits per heavy atom. The van der Waals surface area contributed by atoms with Crippen molar-refractivity contribution < 1.29 is 4.79 Å². The highest BCUT2D eigenvalue weighted by atomic mass is 32.2. The molecule has 80 valence electrons. The van der Waals surface area contributed by atoms with E-state index in [1.165, 1.54) is 6.42 Å². The van der Waals surface area contributed by atoms with Crippen LogP contribution >= 0.6 is 11.8 Å². The number of fused-ring (bicyclic) bond motifs is 2. The van der Waals surface area contributed by atoms with E-state index in [9.17, 15) is 4.79 Å². The van der Waals surface area contributed by atoms with E-state index in [1.807, 2.05) is 37.4 Å². The van der Waals surface area contributed by atoms with Crippen molar-refractivity contribution in [3.8, 4) is 0 Å². The van der Waals surface area contributed by atoms with Gasteiger partial charge in [-0.1, -0.05) is 0 Å². The van der Waals surface area contributed by atoms with Gasteiger partial charge in [0.25, 0.3) is 0 Å². The maximum absolute atomic E-state index is 11.9. The number of carbonyl (C=O) groups excluding carboxylic acids is 1. The predicted molar refractivity (Wildman–Crippen MR) is 59.6 cm³/mol. The van der Waals surface area contributed by atoms with Crippen LogP contribution in [0.15, 0.2) is 0 Å². The summed E-state index contributed by atoms with van der Waals surface area (Å²) in [5.74, 6) is 1.13. The molecule has 2 rings (SSSR count). The third-order valence-corrected chi connectivity index (χ3v) is 4.03. The number of nitrogens with one attached hydrogen (secondary N) is 1. The summed E-state index contributed by atoms with van der Waals surface area (Å²) in [7, 11) is 0. The van der Waals surface area contributed by atoms with E-state index < -0.39 is 0 Å². The molecule has 2 atom stereocenters. The Hall–Kier alpha value is -0.380. The Morgan fingerprint density at radius 2 is 2.21 bits per heavy atom. The number of likely N-dealkylation sites (tertiary alicyclic amines) is 1. The first-order chi connectivity index (χ1) is 6.46. The van der Waals surface area contributed by atoms with Gasteiger partial charge in [-0.3, -0.25) is 0 Å². The van der Waals surface area contributed by atoms with Gasteiger partial charge in [-0.05, 0) is 27.2 Å². The maximum atomic E-state index is 11.9. The number of amides is 2. The monoisotopic (exact) mass is 214 g/mol. The second-order valence-corrected chi connectivity index (χ2v) is 6.51. The normalized spacial score (nSPS) is 30.9. The number of hydrogen-bond donors (Lipinski definition) is 1. The van der Waals surface area contributed by atoms with Gasteiger partial charge < -0.3 is 10.2 Å². The molecule has 2 heterocycles. The number of rotatable bonds is 0. The molecule has 0 aromatic heterocycles. The number of urea groups is 1. The number of carbonyl (C=O) groups is 1. The SMILES string of the molecule is CC(C)(C)NC(=O)N1CC2CC1CS2. The summed E-state index contributed by atoms with van der Waals surface area (Å²) < 4.78 is 0. The van der Waals surface area contributed by atoms with E-state index in [-0.39, 0.29) is 11.6 Å². The van der Waals surface area contributed by atoms with Gasteiger partial charge in [0.1, 0.15) is 0 Å². The zero-order valence-electron chi connectivity index (χ0n) is 9.04. The van der Waals surface area contributed by atoms with E-state index in [1.54, 1.807) is 0 Å². The highest BCUT2D eigenvalue weighted by molar-refractivity contribution is 8.00.